The summed E-state index contributed by atoms with van der Waals surface area (Å²) >= 11 is 7.43. The summed E-state index contributed by atoms with van der Waals surface area (Å²) < 4.78 is 10.6. The third-order valence-electron chi connectivity index (χ3n) is 4.10. The maximum Gasteiger partial charge on any atom is 0.325 e. The number of hydrogen-bond acceptors (Lipinski definition) is 7. The maximum absolute atomic E-state index is 12.3. The van der Waals surface area contributed by atoms with E-state index in [-0.39, 0.29) is 4.88 Å². The van der Waals surface area contributed by atoms with Crippen LogP contribution in [-0.2, 0) is 14.3 Å². The molecule has 0 aliphatic heterocycles. The van der Waals surface area contributed by atoms with E-state index in [0.717, 1.165) is 10.1 Å². The minimum atomic E-state index is -0.846. The molecule has 0 unspecified atom stereocenters. The van der Waals surface area contributed by atoms with Crippen LogP contribution >= 0.6 is 22.9 Å². The first kappa shape index (κ1) is 23.0. The van der Waals surface area contributed by atoms with Gasteiger partial charge in [0.15, 0.2) is 6.61 Å². The van der Waals surface area contributed by atoms with E-state index in [2.05, 4.69) is 10.6 Å². The number of nitrogens with one attached hydrogen (secondary N) is 3. The van der Waals surface area contributed by atoms with E-state index in [9.17, 15) is 19.2 Å². The van der Waals surface area contributed by atoms with E-state index in [1.807, 2.05) is 23.5 Å². The Balaban J connectivity index is 1.40. The Morgan fingerprint density at radius 2 is 1.75 bits per heavy atom. The average molecular weight is 476 g/mol. The highest BCUT2D eigenvalue weighted by atomic mass is 35.5. The normalized spacial score (nSPS) is 10.3. The zero-order valence-electron chi connectivity index (χ0n) is 16.8. The van der Waals surface area contributed by atoms with Crippen LogP contribution in [0.25, 0.3) is 10.1 Å². The van der Waals surface area contributed by atoms with Crippen molar-refractivity contribution in [1.82, 2.24) is 10.6 Å². The minimum absolute atomic E-state index is 0.272. The van der Waals surface area contributed by atoms with Crippen molar-refractivity contribution in [3.8, 4) is 5.75 Å². The summed E-state index contributed by atoms with van der Waals surface area (Å²) in [5.41, 5.74) is 0.440. The molecule has 3 aromatic rings. The van der Waals surface area contributed by atoms with Crippen molar-refractivity contribution in [2.24, 2.45) is 0 Å². The van der Waals surface area contributed by atoms with Crippen LogP contribution in [0.15, 0.2) is 48.5 Å². The number of benzene rings is 2. The summed E-state index contributed by atoms with van der Waals surface area (Å²) in [5, 5.41) is 7.93. The largest absolute Gasteiger partial charge is 0.497 e. The van der Waals surface area contributed by atoms with Gasteiger partial charge in [0.1, 0.15) is 17.2 Å². The van der Waals surface area contributed by atoms with Gasteiger partial charge in [0.25, 0.3) is 11.8 Å². The van der Waals surface area contributed by atoms with Crippen LogP contribution in [0.1, 0.15) is 9.67 Å². The van der Waals surface area contributed by atoms with E-state index < -0.39 is 37.0 Å². The molecule has 3 rings (SSSR count). The number of carbonyl (C=O) groups excluding carboxylic acids is 4. The highest BCUT2D eigenvalue weighted by Gasteiger charge is 2.18. The summed E-state index contributed by atoms with van der Waals surface area (Å²) in [6.07, 6.45) is 0. The van der Waals surface area contributed by atoms with Gasteiger partial charge in [-0.25, -0.2) is 4.79 Å². The highest BCUT2D eigenvalue weighted by Crippen LogP contribution is 2.34. The average Bonchev–Trinajstić information content (AvgIpc) is 3.13. The van der Waals surface area contributed by atoms with Gasteiger partial charge in [0.05, 0.1) is 12.1 Å². The Kier molecular flexibility index (Phi) is 7.63. The van der Waals surface area contributed by atoms with E-state index in [1.54, 1.807) is 30.3 Å². The van der Waals surface area contributed by atoms with E-state index in [4.69, 9.17) is 21.1 Å². The first-order valence-corrected chi connectivity index (χ1v) is 10.4. The molecular formula is C21H18ClN3O6S. The molecule has 0 radical (unpaired) electrons. The number of thiophene rings is 1. The topological polar surface area (TPSA) is 123 Å². The number of halogens is 1. The molecule has 1 aromatic heterocycles. The van der Waals surface area contributed by atoms with Gasteiger partial charge in [-0.15, -0.1) is 11.3 Å². The Hall–Kier alpha value is -3.63. The minimum Gasteiger partial charge on any atom is -0.497 e. The van der Waals surface area contributed by atoms with Crippen LogP contribution in [0, 0.1) is 0 Å². The standard InChI is InChI=1S/C21H18ClN3O6S/c1-30-13-8-6-12(7-9-13)24-21(29)25-16(26)11-31-17(27)10-23-20(28)19-18(22)14-4-2-3-5-15(14)32-19/h2-9H,10-11H2,1H3,(H,23,28)(H2,24,25,26,29). The van der Waals surface area contributed by atoms with Crippen molar-refractivity contribution in [3.05, 3.63) is 58.4 Å². The van der Waals surface area contributed by atoms with Gasteiger partial charge in [-0.3, -0.25) is 19.7 Å². The summed E-state index contributed by atoms with van der Waals surface area (Å²) in [4.78, 5) is 48.0. The lowest BCUT2D eigenvalue weighted by atomic mass is 10.2. The van der Waals surface area contributed by atoms with Crippen molar-refractivity contribution in [2.45, 2.75) is 0 Å². The Bertz CT molecular complexity index is 1160. The van der Waals surface area contributed by atoms with Gasteiger partial charge >= 0.3 is 12.0 Å². The third-order valence-corrected chi connectivity index (χ3v) is 5.77. The molecule has 11 heteroatoms. The monoisotopic (exact) mass is 475 g/mol. The Morgan fingerprint density at radius 1 is 1.03 bits per heavy atom. The van der Waals surface area contributed by atoms with Crippen LogP contribution < -0.4 is 20.7 Å². The molecule has 0 spiro atoms. The highest BCUT2D eigenvalue weighted by molar-refractivity contribution is 7.21. The molecule has 0 fully saturated rings. The lowest BCUT2D eigenvalue weighted by Gasteiger charge is -2.08. The molecule has 166 valence electrons. The fourth-order valence-corrected chi connectivity index (χ4v) is 4.02. The summed E-state index contributed by atoms with van der Waals surface area (Å²) in [5.74, 6) is -1.60. The number of imide groups is 1. The quantitative estimate of drug-likeness (QED) is 0.451. The van der Waals surface area contributed by atoms with Crippen LogP contribution in [-0.4, -0.2) is 44.1 Å². The Morgan fingerprint density at radius 3 is 2.44 bits per heavy atom. The van der Waals surface area contributed by atoms with Gasteiger partial charge in [0.2, 0.25) is 0 Å². The van der Waals surface area contributed by atoms with Gasteiger partial charge in [-0.05, 0) is 30.3 Å². The van der Waals surface area contributed by atoms with Crippen LogP contribution in [0.4, 0.5) is 10.5 Å². The van der Waals surface area contributed by atoms with Crippen LogP contribution in [0.5, 0.6) is 5.75 Å². The molecule has 32 heavy (non-hydrogen) atoms. The zero-order valence-corrected chi connectivity index (χ0v) is 18.3. The molecule has 0 bridgehead atoms. The summed E-state index contributed by atoms with van der Waals surface area (Å²) in [7, 11) is 1.51. The van der Waals surface area contributed by atoms with Gasteiger partial charge in [0, 0.05) is 15.8 Å². The van der Waals surface area contributed by atoms with Gasteiger partial charge in [-0.1, -0.05) is 29.8 Å². The summed E-state index contributed by atoms with van der Waals surface area (Å²) in [6, 6.07) is 12.9. The molecule has 0 atom stereocenters. The van der Waals surface area contributed by atoms with Crippen molar-refractivity contribution in [3.63, 3.8) is 0 Å². The molecular weight excluding hydrogens is 458 g/mol. The first-order chi connectivity index (χ1) is 15.4. The van der Waals surface area contributed by atoms with Gasteiger partial charge in [-0.2, -0.15) is 0 Å². The SMILES string of the molecule is COc1ccc(NC(=O)NC(=O)COC(=O)CNC(=O)c2sc3ccccc3c2Cl)cc1. The number of urea groups is 1. The number of methoxy groups -OCH3 is 1. The van der Waals surface area contributed by atoms with E-state index >= 15 is 0 Å². The molecule has 3 N–H and O–H groups in total. The first-order valence-electron chi connectivity index (χ1n) is 9.23. The maximum atomic E-state index is 12.3. The third kappa shape index (κ3) is 5.96. The molecule has 2 aromatic carbocycles. The van der Waals surface area contributed by atoms with Crippen molar-refractivity contribution >= 4 is 62.5 Å². The predicted molar refractivity (Wildman–Crippen MR) is 120 cm³/mol. The lowest BCUT2D eigenvalue weighted by Crippen LogP contribution is -2.38. The molecule has 0 saturated carbocycles. The molecule has 1 heterocycles. The number of ether oxygens (including phenoxy) is 2. The fraction of sp³-hybridized carbons (Fsp3) is 0.143. The number of anilines is 1. The number of amides is 4. The number of fused-ring (bicyclic) bond motifs is 1. The zero-order chi connectivity index (χ0) is 23.1. The van der Waals surface area contributed by atoms with Crippen LogP contribution in [0.3, 0.4) is 0 Å². The molecule has 0 aliphatic carbocycles. The second-order valence-corrected chi connectivity index (χ2v) is 7.75. The number of rotatable bonds is 7. The second-order valence-electron chi connectivity index (χ2n) is 6.32. The molecule has 0 aliphatic rings. The molecule has 0 saturated heterocycles. The van der Waals surface area contributed by atoms with Crippen molar-refractivity contribution in [2.75, 3.05) is 25.6 Å². The number of carbonyl (C=O) groups is 4. The molecule has 9 nitrogen and oxygen atoms in total. The Labute approximate surface area is 191 Å². The summed E-state index contributed by atoms with van der Waals surface area (Å²) in [6.45, 7) is -1.15. The van der Waals surface area contributed by atoms with Crippen molar-refractivity contribution < 1.29 is 28.7 Å². The van der Waals surface area contributed by atoms with E-state index in [0.29, 0.717) is 16.5 Å². The number of hydrogen-bond donors (Lipinski definition) is 3. The van der Waals surface area contributed by atoms with E-state index in [1.165, 1.54) is 18.4 Å². The second kappa shape index (κ2) is 10.6. The van der Waals surface area contributed by atoms with Crippen LogP contribution in [0.2, 0.25) is 5.02 Å². The van der Waals surface area contributed by atoms with Gasteiger partial charge < -0.3 is 20.1 Å². The van der Waals surface area contributed by atoms with Crippen molar-refractivity contribution in [1.29, 1.82) is 0 Å². The number of esters is 1. The fourth-order valence-electron chi connectivity index (χ4n) is 2.59. The smallest absolute Gasteiger partial charge is 0.325 e. The predicted octanol–water partition coefficient (Wildman–Crippen LogP) is 3.18. The lowest BCUT2D eigenvalue weighted by molar-refractivity contribution is -0.147. The molecule has 4 amide bonds.